The van der Waals surface area contributed by atoms with Crippen molar-refractivity contribution in [1.29, 1.82) is 0 Å². The monoisotopic (exact) mass is 285 g/mol. The summed E-state index contributed by atoms with van der Waals surface area (Å²) in [6.07, 6.45) is 3.21. The van der Waals surface area contributed by atoms with E-state index in [0.29, 0.717) is 19.5 Å². The first kappa shape index (κ1) is 15.1. The van der Waals surface area contributed by atoms with Crippen molar-refractivity contribution >= 4 is 5.82 Å². The van der Waals surface area contributed by atoms with E-state index in [-0.39, 0.29) is 0 Å². The van der Waals surface area contributed by atoms with Crippen LogP contribution in [0.5, 0.6) is 0 Å². The van der Waals surface area contributed by atoms with E-state index in [2.05, 4.69) is 21.6 Å². The summed E-state index contributed by atoms with van der Waals surface area (Å²) in [5.74, 6) is 1.66. The number of hydrogen-bond donors (Lipinski definition) is 0. The first-order valence-corrected chi connectivity index (χ1v) is 7.11. The maximum Gasteiger partial charge on any atom is 0.345 e. The molecule has 0 saturated carbocycles. The van der Waals surface area contributed by atoms with Crippen molar-refractivity contribution in [1.82, 2.24) is 9.97 Å². The van der Waals surface area contributed by atoms with Crippen molar-refractivity contribution in [2.24, 2.45) is 0 Å². The summed E-state index contributed by atoms with van der Waals surface area (Å²) in [6.45, 7) is 2.52. The normalized spacial score (nSPS) is 19.1. The number of aromatic nitrogens is 2. The molecule has 1 aliphatic heterocycles. The molecule has 20 heavy (non-hydrogen) atoms. The average Bonchev–Trinajstić information content (AvgIpc) is 2.83. The van der Waals surface area contributed by atoms with Gasteiger partial charge in [-0.25, -0.2) is 9.97 Å². The summed E-state index contributed by atoms with van der Waals surface area (Å²) >= 11 is 0. The molecule has 0 aromatic carbocycles. The largest absolute Gasteiger partial charge is 0.354 e. The molecular formula is C14H21F2N3O. The minimum absolute atomic E-state index is 0.413. The van der Waals surface area contributed by atoms with Crippen LogP contribution in [0.2, 0.25) is 0 Å². The second kappa shape index (κ2) is 6.92. The number of halogens is 2. The van der Waals surface area contributed by atoms with Gasteiger partial charge in [-0.05, 0) is 19.8 Å². The zero-order chi connectivity index (χ0) is 14.5. The van der Waals surface area contributed by atoms with E-state index in [1.54, 1.807) is 0 Å². The fourth-order valence-corrected chi connectivity index (χ4v) is 2.41. The maximum atomic E-state index is 12.2. The van der Waals surface area contributed by atoms with E-state index in [4.69, 9.17) is 0 Å². The van der Waals surface area contributed by atoms with Crippen LogP contribution in [-0.4, -0.2) is 35.8 Å². The molecule has 1 saturated heterocycles. The van der Waals surface area contributed by atoms with Gasteiger partial charge in [0.2, 0.25) is 0 Å². The summed E-state index contributed by atoms with van der Waals surface area (Å²) in [7, 11) is 0. The van der Waals surface area contributed by atoms with E-state index in [1.807, 2.05) is 17.9 Å². The molecule has 1 aliphatic rings. The Hall–Kier alpha value is -1.30. The van der Waals surface area contributed by atoms with E-state index < -0.39 is 12.7 Å². The lowest BCUT2D eigenvalue weighted by Crippen LogP contribution is -2.25. The molecule has 2 heterocycles. The second-order valence-electron chi connectivity index (χ2n) is 5.14. The summed E-state index contributed by atoms with van der Waals surface area (Å²) in [5, 5.41) is 0. The van der Waals surface area contributed by atoms with Gasteiger partial charge < -0.3 is 9.64 Å². The molecule has 0 bridgehead atoms. The van der Waals surface area contributed by atoms with Gasteiger partial charge in [0, 0.05) is 31.3 Å². The Morgan fingerprint density at radius 3 is 2.95 bits per heavy atom. The van der Waals surface area contributed by atoms with Gasteiger partial charge in [-0.15, -0.1) is 0 Å². The highest BCUT2D eigenvalue weighted by molar-refractivity contribution is 5.41. The molecule has 0 unspecified atom stereocenters. The predicted octanol–water partition coefficient (Wildman–Crippen LogP) is 2.95. The van der Waals surface area contributed by atoms with Crippen molar-refractivity contribution < 1.29 is 13.5 Å². The van der Waals surface area contributed by atoms with Gasteiger partial charge in [-0.1, -0.05) is 13.3 Å². The van der Waals surface area contributed by atoms with Gasteiger partial charge >= 0.3 is 6.61 Å². The van der Waals surface area contributed by atoms with Crippen LogP contribution in [0.25, 0.3) is 0 Å². The van der Waals surface area contributed by atoms with Crippen LogP contribution in [0.1, 0.15) is 37.7 Å². The lowest BCUT2D eigenvalue weighted by atomic mass is 10.2. The topological polar surface area (TPSA) is 38.2 Å². The Morgan fingerprint density at radius 1 is 1.45 bits per heavy atom. The van der Waals surface area contributed by atoms with Crippen LogP contribution in [0.4, 0.5) is 14.6 Å². The van der Waals surface area contributed by atoms with Crippen molar-refractivity contribution in [2.45, 2.75) is 52.2 Å². The lowest BCUT2D eigenvalue weighted by Gasteiger charge is -2.18. The molecule has 0 N–H and O–H groups in total. The van der Waals surface area contributed by atoms with Crippen molar-refractivity contribution in [3.05, 3.63) is 17.6 Å². The summed E-state index contributed by atoms with van der Waals surface area (Å²) < 4.78 is 29.0. The van der Waals surface area contributed by atoms with Crippen molar-refractivity contribution in [3.63, 3.8) is 0 Å². The van der Waals surface area contributed by atoms with Crippen molar-refractivity contribution in [3.8, 4) is 0 Å². The Kier molecular flexibility index (Phi) is 5.23. The fraction of sp³-hybridized carbons (Fsp3) is 0.714. The molecule has 0 spiro atoms. The summed E-state index contributed by atoms with van der Waals surface area (Å²) in [6, 6.07) is 1.90. The Bertz CT molecular complexity index is 442. The number of nitrogens with zero attached hydrogens (tertiary/aromatic N) is 3. The number of alkyl halides is 2. The molecule has 0 radical (unpaired) electrons. The molecule has 6 heteroatoms. The van der Waals surface area contributed by atoms with Crippen molar-refractivity contribution in [2.75, 3.05) is 18.0 Å². The molecule has 2 rings (SSSR count). The van der Waals surface area contributed by atoms with E-state index in [0.717, 1.165) is 36.6 Å². The van der Waals surface area contributed by atoms with Gasteiger partial charge in [-0.2, -0.15) is 8.78 Å². The van der Waals surface area contributed by atoms with Crippen LogP contribution in [0.3, 0.4) is 0 Å². The standard InChI is InChI=1S/C14H21F2N3O/c1-3-4-5-12-17-10(2)8-13(18-12)19-7-6-11(9-19)20-14(15)16/h8,11,14H,3-7,9H2,1-2H3/t11-/m0/s1. The molecular weight excluding hydrogens is 264 g/mol. The first-order chi connectivity index (χ1) is 9.58. The third-order valence-corrected chi connectivity index (χ3v) is 3.41. The number of rotatable bonds is 6. The number of aryl methyl sites for hydroxylation is 2. The fourth-order valence-electron chi connectivity index (χ4n) is 2.41. The zero-order valence-electron chi connectivity index (χ0n) is 12.0. The van der Waals surface area contributed by atoms with Crippen LogP contribution >= 0.6 is 0 Å². The number of hydrogen-bond acceptors (Lipinski definition) is 4. The number of ether oxygens (including phenoxy) is 1. The second-order valence-corrected chi connectivity index (χ2v) is 5.14. The van der Waals surface area contributed by atoms with E-state index in [9.17, 15) is 8.78 Å². The van der Waals surface area contributed by atoms with Gasteiger partial charge in [0.25, 0.3) is 0 Å². The molecule has 4 nitrogen and oxygen atoms in total. The highest BCUT2D eigenvalue weighted by Gasteiger charge is 2.26. The van der Waals surface area contributed by atoms with Crippen LogP contribution in [0, 0.1) is 6.92 Å². The quantitative estimate of drug-likeness (QED) is 0.805. The number of unbranched alkanes of at least 4 members (excludes halogenated alkanes) is 1. The predicted molar refractivity (Wildman–Crippen MR) is 73.1 cm³/mol. The molecule has 0 amide bonds. The van der Waals surface area contributed by atoms with E-state index in [1.165, 1.54) is 0 Å². The van der Waals surface area contributed by atoms with E-state index >= 15 is 0 Å². The van der Waals surface area contributed by atoms with Gasteiger partial charge in [-0.3, -0.25) is 0 Å². The molecule has 1 aromatic rings. The average molecular weight is 285 g/mol. The third-order valence-electron chi connectivity index (χ3n) is 3.41. The molecule has 112 valence electrons. The molecule has 1 aromatic heterocycles. The number of anilines is 1. The van der Waals surface area contributed by atoms with Gasteiger partial charge in [0.15, 0.2) is 0 Å². The minimum Gasteiger partial charge on any atom is -0.354 e. The minimum atomic E-state index is -2.70. The maximum absolute atomic E-state index is 12.2. The lowest BCUT2D eigenvalue weighted by molar-refractivity contribution is -0.156. The summed E-state index contributed by atoms with van der Waals surface area (Å²) in [5.41, 5.74) is 0.916. The van der Waals surface area contributed by atoms with Crippen LogP contribution in [0.15, 0.2) is 6.07 Å². The molecule has 0 aliphatic carbocycles. The van der Waals surface area contributed by atoms with Gasteiger partial charge in [0.1, 0.15) is 11.6 Å². The third kappa shape index (κ3) is 4.10. The first-order valence-electron chi connectivity index (χ1n) is 7.11. The Morgan fingerprint density at radius 2 is 2.25 bits per heavy atom. The Labute approximate surface area is 118 Å². The molecule has 1 fully saturated rings. The molecule has 1 atom stereocenters. The Balaban J connectivity index is 2.03. The SMILES string of the molecule is CCCCc1nc(C)cc(N2CC[C@H](OC(F)F)C2)n1. The van der Waals surface area contributed by atoms with Crippen LogP contribution < -0.4 is 4.90 Å². The highest BCUT2D eigenvalue weighted by Crippen LogP contribution is 2.22. The zero-order valence-corrected chi connectivity index (χ0v) is 12.0. The smallest absolute Gasteiger partial charge is 0.345 e. The van der Waals surface area contributed by atoms with Crippen LogP contribution in [-0.2, 0) is 11.2 Å². The highest BCUT2D eigenvalue weighted by atomic mass is 19.3. The summed E-state index contributed by atoms with van der Waals surface area (Å²) in [4.78, 5) is 11.0. The van der Waals surface area contributed by atoms with Gasteiger partial charge in [0.05, 0.1) is 6.10 Å².